The van der Waals surface area contributed by atoms with Crippen LogP contribution in [0.4, 0.5) is 0 Å². The second kappa shape index (κ2) is 7.22. The van der Waals surface area contributed by atoms with Crippen molar-refractivity contribution in [1.82, 2.24) is 10.6 Å². The van der Waals surface area contributed by atoms with Crippen LogP contribution in [-0.4, -0.2) is 35.6 Å². The van der Waals surface area contributed by atoms with E-state index in [-0.39, 0.29) is 18.5 Å². The molecule has 0 aliphatic heterocycles. The summed E-state index contributed by atoms with van der Waals surface area (Å²) in [5, 5.41) is 14.4. The molecule has 0 spiro atoms. The lowest BCUT2D eigenvalue weighted by atomic mass is 10.0. The molecule has 0 aromatic heterocycles. The van der Waals surface area contributed by atoms with Gasteiger partial charge in [-0.05, 0) is 12.3 Å². The molecule has 0 aromatic rings. The van der Waals surface area contributed by atoms with Gasteiger partial charge >= 0.3 is 5.97 Å². The van der Waals surface area contributed by atoms with Crippen molar-refractivity contribution in [3.8, 4) is 0 Å². The number of hydrogen-bond acceptors (Lipinski definition) is 3. The molecule has 94 valence electrons. The molecule has 0 fully saturated rings. The smallest absolute Gasteiger partial charge is 0.327 e. The lowest BCUT2D eigenvalue weighted by Crippen LogP contribution is -2.49. The SMILES string of the molecule is CCC(NCC(NC(C)=O)C(=O)O)C(C)C. The highest BCUT2D eigenvalue weighted by molar-refractivity contribution is 5.82. The number of amides is 1. The highest BCUT2D eigenvalue weighted by Gasteiger charge is 2.20. The zero-order valence-electron chi connectivity index (χ0n) is 10.4. The van der Waals surface area contributed by atoms with Gasteiger partial charge in [0.05, 0.1) is 0 Å². The van der Waals surface area contributed by atoms with Crippen LogP contribution in [0.25, 0.3) is 0 Å². The van der Waals surface area contributed by atoms with E-state index in [0.29, 0.717) is 5.92 Å². The van der Waals surface area contributed by atoms with Crippen molar-refractivity contribution in [3.63, 3.8) is 0 Å². The Balaban J connectivity index is 4.20. The summed E-state index contributed by atoms with van der Waals surface area (Å²) in [5.74, 6) is -0.898. The summed E-state index contributed by atoms with van der Waals surface area (Å²) in [6.45, 7) is 7.78. The van der Waals surface area contributed by atoms with E-state index < -0.39 is 12.0 Å². The van der Waals surface area contributed by atoms with Gasteiger partial charge in [0.25, 0.3) is 0 Å². The fourth-order valence-corrected chi connectivity index (χ4v) is 1.57. The number of nitrogens with one attached hydrogen (secondary N) is 2. The molecule has 1 amide bonds. The van der Waals surface area contributed by atoms with Gasteiger partial charge in [0.15, 0.2) is 0 Å². The molecule has 0 rings (SSSR count). The van der Waals surface area contributed by atoms with E-state index in [9.17, 15) is 9.59 Å². The van der Waals surface area contributed by atoms with Crippen molar-refractivity contribution in [2.45, 2.75) is 46.2 Å². The summed E-state index contributed by atoms with van der Waals surface area (Å²) in [5.41, 5.74) is 0. The molecular weight excluding hydrogens is 208 g/mol. The number of carboxylic acid groups (broad SMARTS) is 1. The maximum atomic E-state index is 10.9. The van der Waals surface area contributed by atoms with Crippen molar-refractivity contribution in [2.75, 3.05) is 6.54 Å². The fraction of sp³-hybridized carbons (Fsp3) is 0.818. The Labute approximate surface area is 96.6 Å². The van der Waals surface area contributed by atoms with Gasteiger partial charge in [-0.1, -0.05) is 20.8 Å². The lowest BCUT2D eigenvalue weighted by molar-refractivity contribution is -0.141. The highest BCUT2D eigenvalue weighted by Crippen LogP contribution is 2.04. The molecule has 0 radical (unpaired) electrons. The van der Waals surface area contributed by atoms with Gasteiger partial charge in [-0.3, -0.25) is 4.79 Å². The third-order valence-electron chi connectivity index (χ3n) is 2.50. The van der Waals surface area contributed by atoms with Gasteiger partial charge in [0, 0.05) is 19.5 Å². The van der Waals surface area contributed by atoms with Gasteiger partial charge in [-0.15, -0.1) is 0 Å². The predicted molar refractivity (Wildman–Crippen MR) is 62.2 cm³/mol. The van der Waals surface area contributed by atoms with Crippen molar-refractivity contribution in [2.24, 2.45) is 5.92 Å². The molecule has 0 aliphatic rings. The lowest BCUT2D eigenvalue weighted by Gasteiger charge is -2.23. The first kappa shape index (κ1) is 14.9. The largest absolute Gasteiger partial charge is 0.480 e. The first-order valence-electron chi connectivity index (χ1n) is 5.61. The molecule has 0 saturated carbocycles. The van der Waals surface area contributed by atoms with Crippen LogP contribution in [0.3, 0.4) is 0 Å². The minimum absolute atomic E-state index is 0.256. The van der Waals surface area contributed by atoms with Gasteiger partial charge in [-0.25, -0.2) is 4.79 Å². The minimum atomic E-state index is -1.01. The second-order valence-corrected chi connectivity index (χ2v) is 4.26. The van der Waals surface area contributed by atoms with Crippen molar-refractivity contribution >= 4 is 11.9 Å². The second-order valence-electron chi connectivity index (χ2n) is 4.26. The number of carbonyl (C=O) groups is 2. The van der Waals surface area contributed by atoms with Crippen LogP contribution in [-0.2, 0) is 9.59 Å². The quantitative estimate of drug-likeness (QED) is 0.598. The topological polar surface area (TPSA) is 78.4 Å². The van der Waals surface area contributed by atoms with E-state index >= 15 is 0 Å². The maximum absolute atomic E-state index is 10.9. The molecule has 0 aromatic carbocycles. The molecule has 0 saturated heterocycles. The molecular formula is C11H22N2O3. The first-order chi connectivity index (χ1) is 7.38. The monoisotopic (exact) mass is 230 g/mol. The van der Waals surface area contributed by atoms with Crippen LogP contribution in [0.5, 0.6) is 0 Å². The van der Waals surface area contributed by atoms with Crippen molar-refractivity contribution in [3.05, 3.63) is 0 Å². The summed E-state index contributed by atoms with van der Waals surface area (Å²) in [4.78, 5) is 21.7. The Morgan fingerprint density at radius 1 is 1.31 bits per heavy atom. The highest BCUT2D eigenvalue weighted by atomic mass is 16.4. The number of carboxylic acids is 1. The van der Waals surface area contributed by atoms with Crippen LogP contribution in [0.15, 0.2) is 0 Å². The standard InChI is InChI=1S/C11H22N2O3/c1-5-9(7(2)3)12-6-10(11(15)16)13-8(4)14/h7,9-10,12H,5-6H2,1-4H3,(H,13,14)(H,15,16). The van der Waals surface area contributed by atoms with Crippen LogP contribution < -0.4 is 10.6 Å². The van der Waals surface area contributed by atoms with Crippen molar-refractivity contribution in [1.29, 1.82) is 0 Å². The predicted octanol–water partition coefficient (Wildman–Crippen LogP) is 0.600. The Bertz CT molecular complexity index is 241. The minimum Gasteiger partial charge on any atom is -0.480 e. The fourth-order valence-electron chi connectivity index (χ4n) is 1.57. The molecule has 0 bridgehead atoms. The third kappa shape index (κ3) is 5.70. The van der Waals surface area contributed by atoms with Gasteiger partial charge in [0.2, 0.25) is 5.91 Å². The average Bonchev–Trinajstić information content (AvgIpc) is 2.15. The Morgan fingerprint density at radius 3 is 2.19 bits per heavy atom. The van der Waals surface area contributed by atoms with E-state index in [4.69, 9.17) is 5.11 Å². The number of rotatable bonds is 7. The molecule has 0 heterocycles. The summed E-state index contributed by atoms with van der Waals surface area (Å²) >= 11 is 0. The number of hydrogen-bond donors (Lipinski definition) is 3. The Hall–Kier alpha value is -1.10. The van der Waals surface area contributed by atoms with Crippen LogP contribution in [0.1, 0.15) is 34.1 Å². The summed E-state index contributed by atoms with van der Waals surface area (Å²) in [6, 6.07) is -0.582. The van der Waals surface area contributed by atoms with E-state index in [1.54, 1.807) is 0 Å². The first-order valence-corrected chi connectivity index (χ1v) is 5.61. The maximum Gasteiger partial charge on any atom is 0.327 e. The Morgan fingerprint density at radius 2 is 1.88 bits per heavy atom. The molecule has 2 unspecified atom stereocenters. The van der Waals surface area contributed by atoms with E-state index in [2.05, 4.69) is 24.5 Å². The molecule has 3 N–H and O–H groups in total. The molecule has 5 nitrogen and oxygen atoms in total. The van der Waals surface area contributed by atoms with E-state index in [1.807, 2.05) is 6.92 Å². The van der Waals surface area contributed by atoms with Gasteiger partial charge < -0.3 is 15.7 Å². The third-order valence-corrected chi connectivity index (χ3v) is 2.50. The molecule has 2 atom stereocenters. The molecule has 16 heavy (non-hydrogen) atoms. The van der Waals surface area contributed by atoms with E-state index in [1.165, 1.54) is 6.92 Å². The average molecular weight is 230 g/mol. The van der Waals surface area contributed by atoms with Crippen LogP contribution in [0, 0.1) is 5.92 Å². The number of aliphatic carboxylic acids is 1. The molecule has 5 heteroatoms. The Kier molecular flexibility index (Phi) is 6.72. The summed E-state index contributed by atoms with van der Waals surface area (Å²) in [6.07, 6.45) is 0.935. The van der Waals surface area contributed by atoms with Crippen LogP contribution in [0.2, 0.25) is 0 Å². The summed E-state index contributed by atoms with van der Waals surface area (Å²) < 4.78 is 0. The molecule has 0 aliphatic carbocycles. The summed E-state index contributed by atoms with van der Waals surface area (Å²) in [7, 11) is 0. The van der Waals surface area contributed by atoms with Gasteiger partial charge in [-0.2, -0.15) is 0 Å². The van der Waals surface area contributed by atoms with E-state index in [0.717, 1.165) is 6.42 Å². The number of carbonyl (C=O) groups excluding carboxylic acids is 1. The van der Waals surface area contributed by atoms with Crippen molar-refractivity contribution < 1.29 is 14.7 Å². The zero-order chi connectivity index (χ0) is 12.7. The van der Waals surface area contributed by atoms with Crippen LogP contribution >= 0.6 is 0 Å². The zero-order valence-corrected chi connectivity index (χ0v) is 10.4. The van der Waals surface area contributed by atoms with Gasteiger partial charge in [0.1, 0.15) is 6.04 Å². The normalized spacial score (nSPS) is 14.6.